The lowest BCUT2D eigenvalue weighted by Gasteiger charge is -2.28. The van der Waals surface area contributed by atoms with Gasteiger partial charge in [0.25, 0.3) is 6.43 Å². The molecule has 3 aromatic rings. The fourth-order valence-corrected chi connectivity index (χ4v) is 3.70. The fraction of sp³-hybridized carbons (Fsp3) is 0.316. The van der Waals surface area contributed by atoms with Gasteiger partial charge >= 0.3 is 0 Å². The predicted molar refractivity (Wildman–Crippen MR) is 103 cm³/mol. The minimum atomic E-state index is -2.69. The second kappa shape index (κ2) is 7.62. The molecule has 1 aliphatic rings. The van der Waals surface area contributed by atoms with Crippen LogP contribution in [-0.4, -0.2) is 35.9 Å². The summed E-state index contributed by atoms with van der Waals surface area (Å²) in [5.41, 5.74) is 2.80. The van der Waals surface area contributed by atoms with Gasteiger partial charge in [-0.15, -0.1) is 0 Å². The van der Waals surface area contributed by atoms with E-state index < -0.39 is 6.43 Å². The van der Waals surface area contributed by atoms with Crippen LogP contribution in [0.1, 0.15) is 17.8 Å². The third kappa shape index (κ3) is 3.61. The number of halogens is 4. The number of ether oxygens (including phenoxy) is 1. The van der Waals surface area contributed by atoms with Crippen molar-refractivity contribution in [2.24, 2.45) is 0 Å². The smallest absolute Gasteiger partial charge is 0.295 e. The number of nitrogens with zero attached hydrogens (tertiary/aromatic N) is 3. The molecule has 142 valence electrons. The van der Waals surface area contributed by atoms with Crippen molar-refractivity contribution < 1.29 is 13.5 Å². The summed E-state index contributed by atoms with van der Waals surface area (Å²) in [4.78, 5) is 6.32. The number of alkyl halides is 2. The number of fused-ring (bicyclic) bond motifs is 1. The van der Waals surface area contributed by atoms with E-state index >= 15 is 0 Å². The monoisotopic (exact) mass is 411 g/mol. The summed E-state index contributed by atoms with van der Waals surface area (Å²) >= 11 is 12.3. The Morgan fingerprint density at radius 3 is 2.63 bits per heavy atom. The first kappa shape index (κ1) is 18.5. The highest BCUT2D eigenvalue weighted by molar-refractivity contribution is 6.42. The van der Waals surface area contributed by atoms with E-state index in [1.165, 1.54) is 4.57 Å². The van der Waals surface area contributed by atoms with Crippen molar-refractivity contribution in [1.29, 1.82) is 0 Å². The van der Waals surface area contributed by atoms with Crippen LogP contribution >= 0.6 is 23.2 Å². The zero-order valence-corrected chi connectivity index (χ0v) is 15.9. The fourth-order valence-electron chi connectivity index (χ4n) is 3.32. The van der Waals surface area contributed by atoms with Gasteiger partial charge in [0.05, 0.1) is 40.8 Å². The Morgan fingerprint density at radius 1 is 1.11 bits per heavy atom. The number of hydrogen-bond donors (Lipinski definition) is 0. The Bertz CT molecular complexity index is 971. The van der Waals surface area contributed by atoms with Crippen molar-refractivity contribution in [3.8, 4) is 0 Å². The second-order valence-corrected chi connectivity index (χ2v) is 7.13. The van der Waals surface area contributed by atoms with E-state index in [-0.39, 0.29) is 12.4 Å². The average Bonchev–Trinajstić information content (AvgIpc) is 3.04. The van der Waals surface area contributed by atoms with Crippen LogP contribution in [0.2, 0.25) is 10.0 Å². The quantitative estimate of drug-likeness (QED) is 0.593. The highest BCUT2D eigenvalue weighted by Crippen LogP contribution is 2.31. The van der Waals surface area contributed by atoms with Crippen LogP contribution in [0.3, 0.4) is 0 Å². The summed E-state index contributed by atoms with van der Waals surface area (Å²) in [6.07, 6.45) is -2.69. The highest BCUT2D eigenvalue weighted by atomic mass is 35.5. The van der Waals surface area contributed by atoms with Crippen LogP contribution in [-0.2, 0) is 11.3 Å². The Balaban J connectivity index is 1.80. The van der Waals surface area contributed by atoms with Gasteiger partial charge in [0.2, 0.25) is 0 Å². The minimum Gasteiger partial charge on any atom is -0.378 e. The van der Waals surface area contributed by atoms with Crippen molar-refractivity contribution in [3.63, 3.8) is 0 Å². The van der Waals surface area contributed by atoms with Crippen LogP contribution in [0.5, 0.6) is 0 Å². The lowest BCUT2D eigenvalue weighted by Crippen LogP contribution is -2.36. The molecular formula is C19H17Cl2F2N3O. The third-order valence-electron chi connectivity index (χ3n) is 4.69. The Morgan fingerprint density at radius 2 is 1.89 bits per heavy atom. The molecule has 4 nitrogen and oxygen atoms in total. The van der Waals surface area contributed by atoms with Crippen molar-refractivity contribution in [1.82, 2.24) is 9.55 Å². The molecule has 1 fully saturated rings. The molecule has 0 amide bonds. The second-order valence-electron chi connectivity index (χ2n) is 6.34. The summed E-state index contributed by atoms with van der Waals surface area (Å²) in [7, 11) is 0. The van der Waals surface area contributed by atoms with Gasteiger partial charge in [-0.25, -0.2) is 13.8 Å². The van der Waals surface area contributed by atoms with E-state index in [9.17, 15) is 8.78 Å². The van der Waals surface area contributed by atoms with Gasteiger partial charge in [-0.1, -0.05) is 35.3 Å². The lowest BCUT2D eigenvalue weighted by atomic mass is 10.2. The van der Waals surface area contributed by atoms with Gasteiger partial charge in [-0.05, 0) is 29.8 Å². The van der Waals surface area contributed by atoms with E-state index in [0.717, 1.165) is 18.8 Å². The molecule has 1 aliphatic heterocycles. The van der Waals surface area contributed by atoms with Gasteiger partial charge in [0.15, 0.2) is 5.82 Å². The van der Waals surface area contributed by atoms with E-state index in [0.29, 0.717) is 39.9 Å². The van der Waals surface area contributed by atoms with Crippen molar-refractivity contribution in [2.75, 3.05) is 31.2 Å². The molecule has 0 atom stereocenters. The van der Waals surface area contributed by atoms with Gasteiger partial charge in [-0.3, -0.25) is 0 Å². The number of aromatic nitrogens is 2. The minimum absolute atomic E-state index is 0.169. The van der Waals surface area contributed by atoms with Gasteiger partial charge < -0.3 is 14.2 Å². The van der Waals surface area contributed by atoms with Crippen molar-refractivity contribution >= 4 is 39.9 Å². The number of anilines is 1. The topological polar surface area (TPSA) is 30.3 Å². The highest BCUT2D eigenvalue weighted by Gasteiger charge is 2.21. The van der Waals surface area contributed by atoms with Crippen molar-refractivity contribution in [2.45, 2.75) is 13.0 Å². The number of rotatable bonds is 4. The lowest BCUT2D eigenvalue weighted by molar-refractivity contribution is 0.122. The molecule has 27 heavy (non-hydrogen) atoms. The van der Waals surface area contributed by atoms with Crippen LogP contribution < -0.4 is 4.90 Å². The maximum atomic E-state index is 13.6. The zero-order valence-electron chi connectivity index (χ0n) is 14.3. The summed E-state index contributed by atoms with van der Waals surface area (Å²) < 4.78 is 34.2. The molecule has 4 rings (SSSR count). The Hall–Kier alpha value is -1.89. The van der Waals surface area contributed by atoms with E-state index in [2.05, 4.69) is 9.88 Å². The molecule has 0 N–H and O–H groups in total. The first-order valence-corrected chi connectivity index (χ1v) is 9.34. The predicted octanol–water partition coefficient (Wildman–Crippen LogP) is 5.17. The van der Waals surface area contributed by atoms with Crippen LogP contribution in [0.15, 0.2) is 36.4 Å². The summed E-state index contributed by atoms with van der Waals surface area (Å²) in [5, 5.41) is 0.761. The first-order valence-electron chi connectivity index (χ1n) is 8.58. The Labute approximate surface area is 165 Å². The van der Waals surface area contributed by atoms with E-state index in [1.807, 2.05) is 12.1 Å². The maximum absolute atomic E-state index is 13.6. The molecule has 0 saturated carbocycles. The van der Waals surface area contributed by atoms with Crippen LogP contribution in [0.25, 0.3) is 11.0 Å². The molecule has 2 heterocycles. The summed E-state index contributed by atoms with van der Waals surface area (Å²) in [6.45, 7) is 3.00. The summed E-state index contributed by atoms with van der Waals surface area (Å²) in [6, 6.07) is 10.8. The molecular weight excluding hydrogens is 395 g/mol. The summed E-state index contributed by atoms with van der Waals surface area (Å²) in [5.74, 6) is -0.278. The molecule has 0 bridgehead atoms. The van der Waals surface area contributed by atoms with E-state index in [4.69, 9.17) is 27.9 Å². The molecule has 0 spiro atoms. The molecule has 0 radical (unpaired) electrons. The Kier molecular flexibility index (Phi) is 5.21. The molecule has 0 aliphatic carbocycles. The normalized spacial score (nSPS) is 15.1. The SMILES string of the molecule is FC(F)c1nc2ccc(N3CCOCC3)cc2n1Cc1cccc(Cl)c1Cl. The number of imidazole rings is 1. The van der Waals surface area contributed by atoms with Crippen LogP contribution in [0.4, 0.5) is 14.5 Å². The largest absolute Gasteiger partial charge is 0.378 e. The van der Waals surface area contributed by atoms with Crippen LogP contribution in [0, 0.1) is 0 Å². The van der Waals surface area contributed by atoms with Gasteiger partial charge in [0, 0.05) is 18.8 Å². The molecule has 0 unspecified atom stereocenters. The standard InChI is InChI=1S/C19H17Cl2F2N3O/c20-14-3-1-2-12(17(14)21)11-26-16-10-13(25-6-8-27-9-7-25)4-5-15(16)24-19(26)18(22)23/h1-5,10,18H,6-9,11H2. The molecule has 1 aromatic heterocycles. The van der Waals surface area contributed by atoms with Gasteiger partial charge in [-0.2, -0.15) is 0 Å². The van der Waals surface area contributed by atoms with Crippen molar-refractivity contribution in [3.05, 3.63) is 57.8 Å². The first-order chi connectivity index (χ1) is 13.0. The molecule has 2 aromatic carbocycles. The zero-order chi connectivity index (χ0) is 19.0. The van der Waals surface area contributed by atoms with Gasteiger partial charge in [0.1, 0.15) is 0 Å². The number of hydrogen-bond acceptors (Lipinski definition) is 3. The molecule has 1 saturated heterocycles. The molecule has 8 heteroatoms. The average molecular weight is 412 g/mol. The van der Waals surface area contributed by atoms with E-state index in [1.54, 1.807) is 24.3 Å². The third-order valence-corrected chi connectivity index (χ3v) is 5.55. The number of benzene rings is 2. The number of morpholine rings is 1. The maximum Gasteiger partial charge on any atom is 0.295 e.